The summed E-state index contributed by atoms with van der Waals surface area (Å²) in [6.07, 6.45) is -0.0957. The van der Waals surface area contributed by atoms with Crippen molar-refractivity contribution >= 4 is 25.0 Å². The zero-order valence-electron chi connectivity index (χ0n) is 9.86. The standard InChI is InChI=1S/C11H14BNO3.ClH/c1-7-3-4-8-10-9(7)11(13-2)16-12(10)15-6-5-14-8;/h3-4,11,13H,5-6H2,1-2H3;1H/t11-;/m0./s1. The van der Waals surface area contributed by atoms with E-state index in [-0.39, 0.29) is 25.8 Å². The highest BCUT2D eigenvalue weighted by atomic mass is 35.5. The molecule has 1 aromatic carbocycles. The normalized spacial score (nSPS) is 21.3. The average molecular weight is 256 g/mol. The molecule has 4 nitrogen and oxygen atoms in total. The minimum Gasteiger partial charge on any atom is -0.492 e. The summed E-state index contributed by atoms with van der Waals surface area (Å²) >= 11 is 0. The van der Waals surface area contributed by atoms with Crippen LogP contribution in [0.4, 0.5) is 0 Å². The van der Waals surface area contributed by atoms with Gasteiger partial charge in [0.1, 0.15) is 18.6 Å². The maximum Gasteiger partial charge on any atom is 0.499 e. The summed E-state index contributed by atoms with van der Waals surface area (Å²) < 4.78 is 17.1. The zero-order valence-corrected chi connectivity index (χ0v) is 10.7. The summed E-state index contributed by atoms with van der Waals surface area (Å²) in [5, 5.41) is 3.14. The second-order valence-electron chi connectivity index (χ2n) is 4.06. The van der Waals surface area contributed by atoms with Gasteiger partial charge in [-0.3, -0.25) is 5.32 Å². The Hall–Kier alpha value is -0.745. The van der Waals surface area contributed by atoms with Crippen molar-refractivity contribution in [2.24, 2.45) is 0 Å². The first-order valence-corrected chi connectivity index (χ1v) is 5.52. The number of halogens is 1. The van der Waals surface area contributed by atoms with Crippen LogP contribution in [0.5, 0.6) is 5.75 Å². The molecule has 3 rings (SSSR count). The van der Waals surface area contributed by atoms with Crippen molar-refractivity contribution in [3.05, 3.63) is 23.3 Å². The SMILES string of the molecule is CN[C@H]1OB2OCCOc3ccc(C)c1c32.Cl. The maximum absolute atomic E-state index is 5.81. The molecule has 0 radical (unpaired) electrons. The van der Waals surface area contributed by atoms with Gasteiger partial charge < -0.3 is 14.0 Å². The van der Waals surface area contributed by atoms with Gasteiger partial charge in [0.15, 0.2) is 0 Å². The molecule has 1 aromatic rings. The van der Waals surface area contributed by atoms with E-state index in [0.717, 1.165) is 16.8 Å². The van der Waals surface area contributed by atoms with Crippen LogP contribution in [0, 0.1) is 6.92 Å². The van der Waals surface area contributed by atoms with Gasteiger partial charge in [0.25, 0.3) is 0 Å². The van der Waals surface area contributed by atoms with Crippen LogP contribution in [-0.2, 0) is 9.31 Å². The van der Waals surface area contributed by atoms with Gasteiger partial charge in [-0.25, -0.2) is 0 Å². The highest BCUT2D eigenvalue weighted by molar-refractivity contribution is 6.64. The highest BCUT2D eigenvalue weighted by Crippen LogP contribution is 2.30. The number of hydrogen-bond acceptors (Lipinski definition) is 4. The molecule has 92 valence electrons. The van der Waals surface area contributed by atoms with Crippen LogP contribution in [0.1, 0.15) is 17.4 Å². The second-order valence-corrected chi connectivity index (χ2v) is 4.06. The third kappa shape index (κ3) is 1.93. The second kappa shape index (κ2) is 4.86. The molecule has 2 aliphatic rings. The number of nitrogens with one attached hydrogen (secondary N) is 1. The van der Waals surface area contributed by atoms with Crippen molar-refractivity contribution in [3.63, 3.8) is 0 Å². The van der Waals surface area contributed by atoms with E-state index in [9.17, 15) is 0 Å². The quantitative estimate of drug-likeness (QED) is 0.753. The Balaban J connectivity index is 0.00000108. The van der Waals surface area contributed by atoms with Gasteiger partial charge in [-0.05, 0) is 25.6 Å². The molecule has 1 N–H and O–H groups in total. The van der Waals surface area contributed by atoms with E-state index < -0.39 is 0 Å². The Bertz CT molecular complexity index is 429. The van der Waals surface area contributed by atoms with Crippen molar-refractivity contribution in [2.45, 2.75) is 13.2 Å². The van der Waals surface area contributed by atoms with Crippen LogP contribution in [0.15, 0.2) is 12.1 Å². The van der Waals surface area contributed by atoms with E-state index in [4.69, 9.17) is 14.0 Å². The van der Waals surface area contributed by atoms with E-state index in [2.05, 4.69) is 18.3 Å². The molecule has 0 saturated carbocycles. The van der Waals surface area contributed by atoms with Gasteiger partial charge in [0.05, 0.1) is 6.61 Å². The van der Waals surface area contributed by atoms with Crippen molar-refractivity contribution < 1.29 is 14.0 Å². The molecular formula is C11H15BClNO3. The Morgan fingerprint density at radius 3 is 2.94 bits per heavy atom. The third-order valence-corrected chi connectivity index (χ3v) is 3.10. The van der Waals surface area contributed by atoms with Crippen LogP contribution in [-0.4, -0.2) is 27.4 Å². The first kappa shape index (κ1) is 12.7. The van der Waals surface area contributed by atoms with Crippen LogP contribution in [0.2, 0.25) is 0 Å². The number of aryl methyl sites for hydroxylation is 1. The fourth-order valence-corrected chi connectivity index (χ4v) is 2.34. The predicted octanol–water partition coefficient (Wildman–Crippen LogP) is 0.769. The summed E-state index contributed by atoms with van der Waals surface area (Å²) in [7, 11) is 1.60. The summed E-state index contributed by atoms with van der Waals surface area (Å²) in [4.78, 5) is 0. The minimum absolute atomic E-state index is 0. The summed E-state index contributed by atoms with van der Waals surface area (Å²) in [6.45, 7) is 3.23. The molecular weight excluding hydrogens is 240 g/mol. The molecule has 0 aliphatic carbocycles. The molecule has 2 heterocycles. The summed E-state index contributed by atoms with van der Waals surface area (Å²) in [6, 6.07) is 4.06. The number of benzene rings is 1. The number of rotatable bonds is 1. The first-order valence-electron chi connectivity index (χ1n) is 5.52. The van der Waals surface area contributed by atoms with Crippen LogP contribution < -0.4 is 15.5 Å². The Kier molecular flexibility index (Phi) is 3.63. The smallest absolute Gasteiger partial charge is 0.492 e. The molecule has 0 spiro atoms. The molecule has 17 heavy (non-hydrogen) atoms. The van der Waals surface area contributed by atoms with E-state index in [1.165, 1.54) is 5.56 Å². The summed E-state index contributed by atoms with van der Waals surface area (Å²) in [5.41, 5.74) is 3.42. The lowest BCUT2D eigenvalue weighted by Crippen LogP contribution is -2.32. The van der Waals surface area contributed by atoms with Gasteiger partial charge >= 0.3 is 7.12 Å². The molecule has 0 bridgehead atoms. The molecule has 0 fully saturated rings. The maximum atomic E-state index is 5.81. The topological polar surface area (TPSA) is 39.7 Å². The molecule has 1 atom stereocenters. The lowest BCUT2D eigenvalue weighted by molar-refractivity contribution is 0.128. The third-order valence-electron chi connectivity index (χ3n) is 3.10. The first-order chi connectivity index (χ1) is 7.81. The Labute approximate surface area is 107 Å². The molecule has 6 heteroatoms. The van der Waals surface area contributed by atoms with Gasteiger partial charge in [0, 0.05) is 11.0 Å². The predicted molar refractivity (Wildman–Crippen MR) is 68.1 cm³/mol. The fraction of sp³-hybridized carbons (Fsp3) is 0.455. The number of hydrogen-bond donors (Lipinski definition) is 1. The molecule has 2 aliphatic heterocycles. The fourth-order valence-electron chi connectivity index (χ4n) is 2.34. The van der Waals surface area contributed by atoms with E-state index in [1.54, 1.807) is 0 Å². The van der Waals surface area contributed by atoms with Gasteiger partial charge in [-0.15, -0.1) is 12.4 Å². The van der Waals surface area contributed by atoms with E-state index >= 15 is 0 Å². The van der Waals surface area contributed by atoms with Gasteiger partial charge in [-0.1, -0.05) is 6.07 Å². The van der Waals surface area contributed by atoms with Crippen LogP contribution >= 0.6 is 12.4 Å². The molecule has 0 aromatic heterocycles. The Morgan fingerprint density at radius 1 is 1.35 bits per heavy atom. The molecule has 0 unspecified atom stereocenters. The average Bonchev–Trinajstić information content (AvgIpc) is 2.55. The van der Waals surface area contributed by atoms with E-state index in [0.29, 0.717) is 13.2 Å². The monoisotopic (exact) mass is 255 g/mol. The lowest BCUT2D eigenvalue weighted by Gasteiger charge is -2.15. The Morgan fingerprint density at radius 2 is 2.18 bits per heavy atom. The van der Waals surface area contributed by atoms with Crippen LogP contribution in [0.25, 0.3) is 0 Å². The van der Waals surface area contributed by atoms with Gasteiger partial charge in [0.2, 0.25) is 0 Å². The minimum atomic E-state index is -0.287. The van der Waals surface area contributed by atoms with E-state index in [1.807, 2.05) is 13.1 Å². The zero-order chi connectivity index (χ0) is 11.1. The largest absolute Gasteiger partial charge is 0.499 e. The van der Waals surface area contributed by atoms with Crippen molar-refractivity contribution in [1.29, 1.82) is 0 Å². The lowest BCUT2D eigenvalue weighted by atomic mass is 9.77. The summed E-state index contributed by atoms with van der Waals surface area (Å²) in [5.74, 6) is 0.890. The van der Waals surface area contributed by atoms with Gasteiger partial charge in [-0.2, -0.15) is 0 Å². The van der Waals surface area contributed by atoms with Crippen molar-refractivity contribution in [1.82, 2.24) is 5.32 Å². The molecule has 0 amide bonds. The van der Waals surface area contributed by atoms with Crippen molar-refractivity contribution in [3.8, 4) is 5.75 Å². The van der Waals surface area contributed by atoms with Crippen LogP contribution in [0.3, 0.4) is 0 Å². The molecule has 0 saturated heterocycles. The number of ether oxygens (including phenoxy) is 1. The highest BCUT2D eigenvalue weighted by Gasteiger charge is 2.41. The van der Waals surface area contributed by atoms with Crippen molar-refractivity contribution in [2.75, 3.05) is 20.3 Å².